The zero-order valence-electron chi connectivity index (χ0n) is 16.5. The molecule has 1 saturated heterocycles. The predicted molar refractivity (Wildman–Crippen MR) is 123 cm³/mol. The van der Waals surface area contributed by atoms with Gasteiger partial charge in [0.1, 0.15) is 11.3 Å². The van der Waals surface area contributed by atoms with Crippen LogP contribution in [0.15, 0.2) is 41.3 Å². The van der Waals surface area contributed by atoms with Gasteiger partial charge in [-0.1, -0.05) is 34.5 Å². The van der Waals surface area contributed by atoms with Gasteiger partial charge in [0, 0.05) is 19.0 Å². The number of thiazole rings is 1. The first-order valence-electron chi connectivity index (χ1n) is 9.49. The third kappa shape index (κ3) is 4.51. The molecule has 0 aliphatic carbocycles. The number of benzene rings is 2. The van der Waals surface area contributed by atoms with E-state index in [1.807, 2.05) is 0 Å². The van der Waals surface area contributed by atoms with Gasteiger partial charge in [0.05, 0.1) is 26.8 Å². The topological polar surface area (TPSA) is 88.6 Å². The van der Waals surface area contributed by atoms with E-state index in [0.717, 1.165) is 4.70 Å². The van der Waals surface area contributed by atoms with Gasteiger partial charge in [0.2, 0.25) is 15.9 Å². The first kappa shape index (κ1) is 22.3. The number of halogens is 2. The summed E-state index contributed by atoms with van der Waals surface area (Å²) in [5.41, 5.74) is 0.551. The average molecular weight is 500 g/mol. The molecule has 1 aromatic heterocycles. The van der Waals surface area contributed by atoms with E-state index in [-0.39, 0.29) is 29.8 Å². The number of hydrogen-bond donors (Lipinski definition) is 1. The Balaban J connectivity index is 1.40. The van der Waals surface area contributed by atoms with Crippen molar-refractivity contribution in [2.45, 2.75) is 17.7 Å². The van der Waals surface area contributed by atoms with Crippen LogP contribution in [0.5, 0.6) is 5.75 Å². The lowest BCUT2D eigenvalue weighted by Crippen LogP contribution is -2.41. The molecule has 2 heterocycles. The summed E-state index contributed by atoms with van der Waals surface area (Å²) >= 11 is 13.5. The minimum atomic E-state index is -3.61. The fraction of sp³-hybridized carbons (Fsp3) is 0.300. The third-order valence-electron chi connectivity index (χ3n) is 5.20. The van der Waals surface area contributed by atoms with Gasteiger partial charge in [-0.2, -0.15) is 4.31 Å². The summed E-state index contributed by atoms with van der Waals surface area (Å²) in [6, 6.07) is 9.78. The Morgan fingerprint density at radius 2 is 1.84 bits per heavy atom. The van der Waals surface area contributed by atoms with Crippen molar-refractivity contribution in [3.63, 3.8) is 0 Å². The highest BCUT2D eigenvalue weighted by molar-refractivity contribution is 7.89. The molecule has 1 amide bonds. The smallest absolute Gasteiger partial charge is 0.243 e. The summed E-state index contributed by atoms with van der Waals surface area (Å²) in [5.74, 6) is 0.115. The first-order chi connectivity index (χ1) is 14.8. The molecular weight excluding hydrogens is 481 g/mol. The number of nitrogens with one attached hydrogen (secondary N) is 1. The lowest BCUT2D eigenvalue weighted by atomic mass is 9.97. The number of carbonyl (C=O) groups is 1. The Morgan fingerprint density at radius 3 is 2.48 bits per heavy atom. The summed E-state index contributed by atoms with van der Waals surface area (Å²) in [5, 5.41) is 4.03. The molecule has 7 nitrogen and oxygen atoms in total. The molecule has 0 unspecified atom stereocenters. The van der Waals surface area contributed by atoms with Crippen molar-refractivity contribution in [2.24, 2.45) is 5.92 Å². The van der Waals surface area contributed by atoms with Crippen LogP contribution in [0.1, 0.15) is 12.8 Å². The van der Waals surface area contributed by atoms with Crippen LogP contribution in [0.3, 0.4) is 0 Å². The van der Waals surface area contributed by atoms with Crippen LogP contribution in [0.25, 0.3) is 10.2 Å². The molecule has 3 aromatic rings. The lowest BCUT2D eigenvalue weighted by molar-refractivity contribution is -0.120. The molecule has 0 radical (unpaired) electrons. The second kappa shape index (κ2) is 8.91. The van der Waals surface area contributed by atoms with Crippen molar-refractivity contribution >= 4 is 65.8 Å². The van der Waals surface area contributed by atoms with Crippen molar-refractivity contribution in [1.82, 2.24) is 9.29 Å². The molecule has 0 atom stereocenters. The van der Waals surface area contributed by atoms with Crippen LogP contribution in [-0.4, -0.2) is 43.8 Å². The largest absolute Gasteiger partial charge is 0.497 e. The number of piperidine rings is 1. The maximum atomic E-state index is 12.9. The summed E-state index contributed by atoms with van der Waals surface area (Å²) in [6.45, 7) is 0.543. The van der Waals surface area contributed by atoms with E-state index in [4.69, 9.17) is 27.9 Å². The van der Waals surface area contributed by atoms with E-state index in [0.29, 0.717) is 39.3 Å². The molecule has 0 bridgehead atoms. The lowest BCUT2D eigenvalue weighted by Gasteiger charge is -2.30. The summed E-state index contributed by atoms with van der Waals surface area (Å²) in [7, 11) is -2.09. The average Bonchev–Trinajstić information content (AvgIpc) is 3.19. The molecule has 1 aliphatic rings. The number of aromatic nitrogens is 1. The van der Waals surface area contributed by atoms with Crippen molar-refractivity contribution in [3.05, 3.63) is 46.4 Å². The Morgan fingerprint density at radius 1 is 1.16 bits per heavy atom. The maximum Gasteiger partial charge on any atom is 0.243 e. The quantitative estimate of drug-likeness (QED) is 0.551. The Bertz CT molecular complexity index is 1220. The molecule has 11 heteroatoms. The van der Waals surface area contributed by atoms with Crippen LogP contribution < -0.4 is 10.1 Å². The summed E-state index contributed by atoms with van der Waals surface area (Å²) in [4.78, 5) is 17.3. The van der Waals surface area contributed by atoms with Crippen LogP contribution in [-0.2, 0) is 14.8 Å². The molecule has 164 valence electrons. The SMILES string of the molecule is COc1ccc(S(=O)(=O)N2CCC(C(=O)Nc3nc4c(Cl)c(Cl)ccc4s3)CC2)cc1. The van der Waals surface area contributed by atoms with Crippen molar-refractivity contribution in [2.75, 3.05) is 25.5 Å². The molecule has 1 fully saturated rings. The van der Waals surface area contributed by atoms with Crippen molar-refractivity contribution < 1.29 is 17.9 Å². The predicted octanol–water partition coefficient (Wildman–Crippen LogP) is 4.65. The third-order valence-corrected chi connectivity index (χ3v) is 8.85. The standard InChI is InChI=1S/C20H19Cl2N3O4S2/c1-29-13-2-4-14(5-3-13)31(27,28)25-10-8-12(9-11-25)19(26)24-20-23-18-16(30-20)7-6-15(21)17(18)22/h2-7,12H,8-11H2,1H3,(H,23,24,26). The van der Waals surface area contributed by atoms with Crippen LogP contribution in [0.2, 0.25) is 10.0 Å². The molecule has 0 spiro atoms. The fourth-order valence-electron chi connectivity index (χ4n) is 3.45. The summed E-state index contributed by atoms with van der Waals surface area (Å²) in [6.07, 6.45) is 0.859. The van der Waals surface area contributed by atoms with Gasteiger partial charge in [0.25, 0.3) is 0 Å². The van der Waals surface area contributed by atoms with Crippen LogP contribution >= 0.6 is 34.5 Å². The molecule has 4 rings (SSSR count). The van der Waals surface area contributed by atoms with Gasteiger partial charge in [-0.25, -0.2) is 13.4 Å². The molecule has 0 saturated carbocycles. The zero-order chi connectivity index (χ0) is 22.2. The van der Waals surface area contributed by atoms with E-state index in [9.17, 15) is 13.2 Å². The Labute approximate surface area is 194 Å². The first-order valence-corrected chi connectivity index (χ1v) is 12.5. The Hall–Kier alpha value is -1.91. The molecule has 31 heavy (non-hydrogen) atoms. The number of amides is 1. The van der Waals surface area contributed by atoms with Gasteiger partial charge >= 0.3 is 0 Å². The highest BCUT2D eigenvalue weighted by atomic mass is 35.5. The zero-order valence-corrected chi connectivity index (χ0v) is 19.6. The van der Waals surface area contributed by atoms with Crippen molar-refractivity contribution in [3.8, 4) is 5.75 Å². The monoisotopic (exact) mass is 499 g/mol. The molecule has 1 aliphatic heterocycles. The van der Waals surface area contributed by atoms with Gasteiger partial charge in [0.15, 0.2) is 5.13 Å². The minimum absolute atomic E-state index is 0.178. The van der Waals surface area contributed by atoms with Crippen LogP contribution in [0.4, 0.5) is 5.13 Å². The number of carbonyl (C=O) groups excluding carboxylic acids is 1. The number of rotatable bonds is 5. The van der Waals surface area contributed by atoms with Crippen molar-refractivity contribution in [1.29, 1.82) is 0 Å². The van der Waals surface area contributed by atoms with E-state index in [1.165, 1.54) is 34.9 Å². The van der Waals surface area contributed by atoms with Gasteiger partial charge < -0.3 is 10.1 Å². The second-order valence-electron chi connectivity index (χ2n) is 7.07. The second-order valence-corrected chi connectivity index (χ2v) is 10.8. The maximum absolute atomic E-state index is 12.9. The number of hydrogen-bond acceptors (Lipinski definition) is 6. The van der Waals surface area contributed by atoms with E-state index < -0.39 is 10.0 Å². The number of sulfonamides is 1. The van der Waals surface area contributed by atoms with Gasteiger partial charge in [-0.3, -0.25) is 4.79 Å². The van der Waals surface area contributed by atoms with E-state index in [2.05, 4.69) is 10.3 Å². The minimum Gasteiger partial charge on any atom is -0.497 e. The summed E-state index contributed by atoms with van der Waals surface area (Å²) < 4.78 is 33.0. The molecular formula is C20H19Cl2N3O4S2. The highest BCUT2D eigenvalue weighted by Gasteiger charge is 2.32. The Kier molecular flexibility index (Phi) is 6.41. The highest BCUT2D eigenvalue weighted by Crippen LogP contribution is 2.35. The normalized spacial score (nSPS) is 15.8. The van der Waals surface area contributed by atoms with Gasteiger partial charge in [-0.05, 0) is 49.2 Å². The molecule has 2 aromatic carbocycles. The molecule has 1 N–H and O–H groups in total. The van der Waals surface area contributed by atoms with Crippen LogP contribution in [0, 0.1) is 5.92 Å². The number of anilines is 1. The number of ether oxygens (including phenoxy) is 1. The number of nitrogens with zero attached hydrogens (tertiary/aromatic N) is 2. The fourth-order valence-corrected chi connectivity index (χ4v) is 6.22. The van der Waals surface area contributed by atoms with Gasteiger partial charge in [-0.15, -0.1) is 0 Å². The van der Waals surface area contributed by atoms with E-state index in [1.54, 1.807) is 24.3 Å². The van der Waals surface area contributed by atoms with E-state index >= 15 is 0 Å². The number of fused-ring (bicyclic) bond motifs is 1. The number of methoxy groups -OCH3 is 1.